The highest BCUT2D eigenvalue weighted by molar-refractivity contribution is 6.15. The predicted octanol–water partition coefficient (Wildman–Crippen LogP) is 13.0. The molecule has 2 atom stereocenters. The van der Waals surface area contributed by atoms with Gasteiger partial charge in [0.15, 0.2) is 5.84 Å². The second-order valence-corrected chi connectivity index (χ2v) is 14.8. The molecule has 0 saturated heterocycles. The molecule has 1 aliphatic heterocycles. The molecule has 2 nitrogen and oxygen atoms in total. The molecule has 266 valence electrons. The van der Waals surface area contributed by atoms with Gasteiger partial charge < -0.3 is 0 Å². The van der Waals surface area contributed by atoms with Gasteiger partial charge in [-0.1, -0.05) is 219 Å². The molecule has 2 aliphatic rings. The number of fused-ring (bicyclic) bond motifs is 3. The third kappa shape index (κ3) is 5.40. The highest BCUT2D eigenvalue weighted by Crippen LogP contribution is 2.58. The highest BCUT2D eigenvalue weighted by Gasteiger charge is 2.47. The Morgan fingerprint density at radius 3 is 1.50 bits per heavy atom. The smallest absolute Gasteiger partial charge is 0.155 e. The van der Waals surface area contributed by atoms with Crippen LogP contribution in [0.4, 0.5) is 0 Å². The number of aliphatic imine (C=N–C) groups is 2. The van der Waals surface area contributed by atoms with Gasteiger partial charge in [0.2, 0.25) is 0 Å². The van der Waals surface area contributed by atoms with E-state index in [1.54, 1.807) is 0 Å². The predicted molar refractivity (Wildman–Crippen MR) is 232 cm³/mol. The summed E-state index contributed by atoms with van der Waals surface area (Å²) in [5.41, 5.74) is 16.5. The molecule has 1 aliphatic carbocycles. The molecule has 8 aromatic carbocycles. The van der Waals surface area contributed by atoms with Gasteiger partial charge in [-0.15, -0.1) is 0 Å². The van der Waals surface area contributed by atoms with Gasteiger partial charge in [-0.3, -0.25) is 4.99 Å². The lowest BCUT2D eigenvalue weighted by molar-refractivity contribution is 0.593. The van der Waals surface area contributed by atoms with Crippen molar-refractivity contribution in [3.05, 3.63) is 251 Å². The van der Waals surface area contributed by atoms with Crippen molar-refractivity contribution in [1.29, 1.82) is 0 Å². The minimum atomic E-state index is -0.468. The molecule has 0 saturated carbocycles. The summed E-state index contributed by atoms with van der Waals surface area (Å²) in [5, 5.41) is 0. The van der Waals surface area contributed by atoms with Crippen LogP contribution < -0.4 is 0 Å². The molecule has 0 radical (unpaired) electrons. The largest absolute Gasteiger partial charge is 0.257 e. The summed E-state index contributed by atoms with van der Waals surface area (Å²) in [7, 11) is 0. The average Bonchev–Trinajstić information content (AvgIpc) is 3.59. The second kappa shape index (κ2) is 14.1. The molecule has 56 heavy (non-hydrogen) atoms. The Bertz CT molecular complexity index is 2710. The van der Waals surface area contributed by atoms with Crippen LogP contribution >= 0.6 is 0 Å². The molecule has 0 fully saturated rings. The first-order chi connectivity index (χ1) is 27.7. The summed E-state index contributed by atoms with van der Waals surface area (Å²) in [4.78, 5) is 10.7. The van der Waals surface area contributed by atoms with E-state index in [9.17, 15) is 0 Å². The molecular formula is C54H40N2. The van der Waals surface area contributed by atoms with Gasteiger partial charge in [-0.25, -0.2) is 4.99 Å². The van der Waals surface area contributed by atoms with Crippen molar-refractivity contribution in [2.24, 2.45) is 15.9 Å². The third-order valence-corrected chi connectivity index (χ3v) is 11.8. The van der Waals surface area contributed by atoms with Gasteiger partial charge in [0, 0.05) is 11.5 Å². The molecular weight excluding hydrogens is 677 g/mol. The maximum absolute atomic E-state index is 5.47. The molecule has 10 rings (SSSR count). The third-order valence-electron chi connectivity index (χ3n) is 11.8. The number of benzene rings is 8. The Kier molecular flexibility index (Phi) is 8.45. The molecule has 0 amide bonds. The first kappa shape index (κ1) is 33.7. The molecule has 0 N–H and O–H groups in total. The van der Waals surface area contributed by atoms with Crippen LogP contribution in [0.15, 0.2) is 222 Å². The topological polar surface area (TPSA) is 24.7 Å². The van der Waals surface area contributed by atoms with Crippen LogP contribution in [0.3, 0.4) is 0 Å². The van der Waals surface area contributed by atoms with E-state index in [2.05, 4.69) is 213 Å². The quantitative estimate of drug-likeness (QED) is 0.157. The first-order valence-electron chi connectivity index (χ1n) is 19.5. The van der Waals surface area contributed by atoms with E-state index >= 15 is 0 Å². The van der Waals surface area contributed by atoms with Gasteiger partial charge in [0.1, 0.15) is 0 Å². The molecule has 2 heteroatoms. The van der Waals surface area contributed by atoms with Crippen molar-refractivity contribution in [1.82, 2.24) is 0 Å². The van der Waals surface area contributed by atoms with Gasteiger partial charge in [0.25, 0.3) is 0 Å². The SMILES string of the molecule is C[C@H]1C(c2ccccc2)=NC(c2ccccc2)=NC1c1ccccc1-c1ccccc1-c1cccc2c1-c1ccccc1C2(c1ccccc1)c1ccccc1. The number of amidine groups is 1. The van der Waals surface area contributed by atoms with Gasteiger partial charge in [-0.2, -0.15) is 0 Å². The van der Waals surface area contributed by atoms with Crippen LogP contribution in [0.25, 0.3) is 33.4 Å². The van der Waals surface area contributed by atoms with Gasteiger partial charge >= 0.3 is 0 Å². The summed E-state index contributed by atoms with van der Waals surface area (Å²) in [6.45, 7) is 2.28. The Balaban J connectivity index is 1.18. The van der Waals surface area contributed by atoms with E-state index in [1.807, 2.05) is 6.07 Å². The average molecular weight is 717 g/mol. The molecule has 0 spiro atoms. The van der Waals surface area contributed by atoms with E-state index in [4.69, 9.17) is 9.98 Å². The van der Waals surface area contributed by atoms with Crippen molar-refractivity contribution < 1.29 is 0 Å². The Morgan fingerprint density at radius 1 is 0.393 bits per heavy atom. The fourth-order valence-electron chi connectivity index (χ4n) is 9.31. The lowest BCUT2D eigenvalue weighted by Crippen LogP contribution is -2.28. The zero-order chi connectivity index (χ0) is 37.5. The number of rotatable bonds is 7. The minimum Gasteiger partial charge on any atom is -0.257 e. The van der Waals surface area contributed by atoms with E-state index < -0.39 is 5.41 Å². The summed E-state index contributed by atoms with van der Waals surface area (Å²) >= 11 is 0. The standard InChI is InChI=1S/C54H40N2/c1-37-51(38-21-6-2-7-22-38)55-53(39-23-8-3-9-24-39)56-52(37)46-32-17-16-31-44(46)42-29-14-15-30-43(42)45-34-20-36-49-50(45)47-33-18-19-35-48(47)54(49,40-25-10-4-11-26-40)41-27-12-5-13-28-41/h2-37,52H,1H3/t37-,52?/m0/s1. The monoisotopic (exact) mass is 716 g/mol. The molecule has 1 heterocycles. The minimum absolute atomic E-state index is 0.0448. The second-order valence-electron chi connectivity index (χ2n) is 14.8. The maximum Gasteiger partial charge on any atom is 0.155 e. The molecule has 0 aromatic heterocycles. The number of nitrogens with zero attached hydrogens (tertiary/aromatic N) is 2. The van der Waals surface area contributed by atoms with Crippen molar-refractivity contribution in [2.45, 2.75) is 18.4 Å². The zero-order valence-electron chi connectivity index (χ0n) is 31.3. The van der Waals surface area contributed by atoms with E-state index in [0.717, 1.165) is 22.7 Å². The molecule has 8 aromatic rings. The van der Waals surface area contributed by atoms with Crippen molar-refractivity contribution in [2.75, 3.05) is 0 Å². The zero-order valence-corrected chi connectivity index (χ0v) is 31.3. The Hall–Kier alpha value is -6.90. The molecule has 1 unspecified atom stereocenters. The summed E-state index contributed by atoms with van der Waals surface area (Å²) in [5.74, 6) is 0.815. The van der Waals surface area contributed by atoms with Crippen LogP contribution in [0.1, 0.15) is 51.9 Å². The summed E-state index contributed by atoms with van der Waals surface area (Å²) in [6, 6.07) is 76.7. The molecule has 0 bridgehead atoms. The lowest BCUT2D eigenvalue weighted by atomic mass is 9.67. The fourth-order valence-corrected chi connectivity index (χ4v) is 9.31. The van der Waals surface area contributed by atoms with Crippen LogP contribution in [0.5, 0.6) is 0 Å². The van der Waals surface area contributed by atoms with Crippen LogP contribution in [0, 0.1) is 5.92 Å². The van der Waals surface area contributed by atoms with Crippen LogP contribution in [-0.4, -0.2) is 11.5 Å². The summed E-state index contributed by atoms with van der Waals surface area (Å²) < 4.78 is 0. The lowest BCUT2D eigenvalue weighted by Gasteiger charge is -2.34. The number of hydrogen-bond acceptors (Lipinski definition) is 2. The first-order valence-corrected chi connectivity index (χ1v) is 19.5. The van der Waals surface area contributed by atoms with E-state index in [1.165, 1.54) is 61.2 Å². The van der Waals surface area contributed by atoms with E-state index in [-0.39, 0.29) is 12.0 Å². The normalized spacial score (nSPS) is 16.7. The Labute approximate surface area is 329 Å². The summed E-state index contributed by atoms with van der Waals surface area (Å²) in [6.07, 6.45) is 0. The van der Waals surface area contributed by atoms with Gasteiger partial charge in [0.05, 0.1) is 17.2 Å². The van der Waals surface area contributed by atoms with Crippen molar-refractivity contribution in [3.8, 4) is 33.4 Å². The van der Waals surface area contributed by atoms with Crippen molar-refractivity contribution >= 4 is 11.5 Å². The highest BCUT2D eigenvalue weighted by atomic mass is 15.0. The van der Waals surface area contributed by atoms with Gasteiger partial charge in [-0.05, 0) is 66.8 Å². The Morgan fingerprint density at radius 2 is 0.857 bits per heavy atom. The fraction of sp³-hybridized carbons (Fsp3) is 0.0741. The number of hydrogen-bond donors (Lipinski definition) is 0. The maximum atomic E-state index is 5.47. The van der Waals surface area contributed by atoms with Crippen LogP contribution in [0.2, 0.25) is 0 Å². The van der Waals surface area contributed by atoms with Crippen molar-refractivity contribution in [3.63, 3.8) is 0 Å². The van der Waals surface area contributed by atoms with Crippen LogP contribution in [-0.2, 0) is 5.41 Å². The van der Waals surface area contributed by atoms with E-state index in [0.29, 0.717) is 0 Å².